The Balaban J connectivity index is 0.00000225. The van der Waals surface area contributed by atoms with E-state index in [2.05, 4.69) is 10.6 Å². The molecule has 0 aromatic heterocycles. The second kappa shape index (κ2) is 8.65. The van der Waals surface area contributed by atoms with Gasteiger partial charge >= 0.3 is 0 Å². The summed E-state index contributed by atoms with van der Waals surface area (Å²) < 4.78 is 5.53. The van der Waals surface area contributed by atoms with Gasteiger partial charge in [0.2, 0.25) is 5.91 Å². The van der Waals surface area contributed by atoms with Crippen molar-refractivity contribution in [2.45, 2.75) is 37.8 Å². The molecule has 25 heavy (non-hydrogen) atoms. The molecular weight excluding hydrogens is 342 g/mol. The van der Waals surface area contributed by atoms with Crippen molar-refractivity contribution in [1.82, 2.24) is 10.6 Å². The lowest BCUT2D eigenvalue weighted by Gasteiger charge is -2.34. The predicted molar refractivity (Wildman–Crippen MR) is 99.0 cm³/mol. The van der Waals surface area contributed by atoms with Crippen molar-refractivity contribution in [1.29, 1.82) is 0 Å². The van der Waals surface area contributed by atoms with E-state index in [4.69, 9.17) is 4.74 Å². The number of carbonyl (C=O) groups excluding carboxylic acids is 2. The largest absolute Gasteiger partial charge is 0.368 e. The van der Waals surface area contributed by atoms with Crippen LogP contribution in [0.5, 0.6) is 0 Å². The Bertz CT molecular complexity index is 600. The third kappa shape index (κ3) is 4.32. The molecule has 0 radical (unpaired) electrons. The van der Waals surface area contributed by atoms with Crippen molar-refractivity contribution in [2.75, 3.05) is 31.6 Å². The monoisotopic (exact) mass is 367 g/mol. The number of anilines is 1. The van der Waals surface area contributed by atoms with Crippen LogP contribution in [0.15, 0.2) is 24.3 Å². The molecule has 2 saturated heterocycles. The zero-order valence-corrected chi connectivity index (χ0v) is 15.4. The minimum Gasteiger partial charge on any atom is -0.368 e. The Kier molecular flexibility index (Phi) is 6.81. The van der Waals surface area contributed by atoms with Crippen LogP contribution in [0.25, 0.3) is 0 Å². The van der Waals surface area contributed by atoms with E-state index >= 15 is 0 Å². The van der Waals surface area contributed by atoms with Gasteiger partial charge in [-0.05, 0) is 50.0 Å². The van der Waals surface area contributed by atoms with Crippen LogP contribution in [0.1, 0.15) is 31.2 Å². The molecule has 1 aromatic carbocycles. The van der Waals surface area contributed by atoms with Crippen LogP contribution in [0.3, 0.4) is 0 Å². The van der Waals surface area contributed by atoms with Crippen LogP contribution in [-0.4, -0.2) is 44.2 Å². The first-order valence-electron chi connectivity index (χ1n) is 8.58. The van der Waals surface area contributed by atoms with Gasteiger partial charge in [-0.1, -0.05) is 12.1 Å². The van der Waals surface area contributed by atoms with E-state index in [9.17, 15) is 9.59 Å². The lowest BCUT2D eigenvalue weighted by Crippen LogP contribution is -2.53. The number of rotatable bonds is 5. The average molecular weight is 368 g/mol. The molecule has 0 saturated carbocycles. The number of hydrogen-bond donors (Lipinski definition) is 2. The zero-order chi connectivity index (χ0) is 17.0. The SMILES string of the molecule is COC1(C(=O)NCc2ccc(N3CCCC3=O)cc2)CCNCC1.Cl. The van der Waals surface area contributed by atoms with Gasteiger partial charge in [-0.15, -0.1) is 12.4 Å². The van der Waals surface area contributed by atoms with Crippen molar-refractivity contribution in [2.24, 2.45) is 0 Å². The van der Waals surface area contributed by atoms with E-state index in [1.54, 1.807) is 7.11 Å². The predicted octanol–water partition coefficient (Wildman–Crippen LogP) is 1.62. The molecule has 0 atom stereocenters. The van der Waals surface area contributed by atoms with Crippen LogP contribution >= 0.6 is 12.4 Å². The second-order valence-corrected chi connectivity index (χ2v) is 6.45. The summed E-state index contributed by atoms with van der Waals surface area (Å²) in [6, 6.07) is 7.81. The Morgan fingerprint density at radius 3 is 2.52 bits per heavy atom. The minimum atomic E-state index is -0.715. The number of amides is 2. The maximum Gasteiger partial charge on any atom is 0.252 e. The number of nitrogens with one attached hydrogen (secondary N) is 2. The molecule has 1 aromatic rings. The first-order chi connectivity index (χ1) is 11.6. The van der Waals surface area contributed by atoms with Crippen molar-refractivity contribution < 1.29 is 14.3 Å². The molecule has 3 rings (SSSR count). The van der Waals surface area contributed by atoms with E-state index in [-0.39, 0.29) is 24.2 Å². The first-order valence-corrected chi connectivity index (χ1v) is 8.58. The quantitative estimate of drug-likeness (QED) is 0.829. The topological polar surface area (TPSA) is 70.7 Å². The molecule has 0 spiro atoms. The Morgan fingerprint density at radius 1 is 1.28 bits per heavy atom. The average Bonchev–Trinajstić information content (AvgIpc) is 3.06. The summed E-state index contributed by atoms with van der Waals surface area (Å²) in [5.74, 6) is 0.134. The molecule has 6 nitrogen and oxygen atoms in total. The van der Waals surface area contributed by atoms with Gasteiger partial charge in [-0.2, -0.15) is 0 Å². The number of ether oxygens (including phenoxy) is 1. The second-order valence-electron chi connectivity index (χ2n) is 6.45. The summed E-state index contributed by atoms with van der Waals surface area (Å²) in [6.45, 7) is 2.84. The van der Waals surface area contributed by atoms with E-state index in [0.29, 0.717) is 25.8 Å². The highest BCUT2D eigenvalue weighted by Gasteiger charge is 2.39. The fraction of sp³-hybridized carbons (Fsp3) is 0.556. The molecule has 2 fully saturated rings. The number of hydrogen-bond acceptors (Lipinski definition) is 4. The van der Waals surface area contributed by atoms with Crippen molar-refractivity contribution in [3.63, 3.8) is 0 Å². The van der Waals surface area contributed by atoms with Crippen LogP contribution in [0.2, 0.25) is 0 Å². The van der Waals surface area contributed by atoms with Crippen molar-refractivity contribution in [3.8, 4) is 0 Å². The van der Waals surface area contributed by atoms with Gasteiger partial charge in [0.25, 0.3) is 5.91 Å². The minimum absolute atomic E-state index is 0. The Hall–Kier alpha value is -1.63. The summed E-state index contributed by atoms with van der Waals surface area (Å²) in [4.78, 5) is 26.1. The highest BCUT2D eigenvalue weighted by atomic mass is 35.5. The molecule has 0 unspecified atom stereocenters. The number of methoxy groups -OCH3 is 1. The zero-order valence-electron chi connectivity index (χ0n) is 14.5. The molecule has 2 aliphatic rings. The third-order valence-corrected chi connectivity index (χ3v) is 4.99. The Morgan fingerprint density at radius 2 is 1.96 bits per heavy atom. The van der Waals surface area contributed by atoms with E-state index in [1.807, 2.05) is 29.2 Å². The molecule has 0 bridgehead atoms. The van der Waals surface area contributed by atoms with Gasteiger partial charge in [-0.25, -0.2) is 0 Å². The lowest BCUT2D eigenvalue weighted by molar-refractivity contribution is -0.146. The summed E-state index contributed by atoms with van der Waals surface area (Å²) in [7, 11) is 1.60. The molecule has 138 valence electrons. The fourth-order valence-electron chi connectivity index (χ4n) is 3.41. The van der Waals surface area contributed by atoms with Crippen molar-refractivity contribution in [3.05, 3.63) is 29.8 Å². The summed E-state index contributed by atoms with van der Waals surface area (Å²) in [5.41, 5.74) is 1.23. The van der Waals surface area contributed by atoms with Gasteiger partial charge < -0.3 is 20.3 Å². The summed E-state index contributed by atoms with van der Waals surface area (Å²) in [6.07, 6.45) is 2.92. The van der Waals surface area contributed by atoms with E-state index in [1.165, 1.54) is 0 Å². The number of nitrogens with zero attached hydrogens (tertiary/aromatic N) is 1. The number of carbonyl (C=O) groups is 2. The molecule has 7 heteroatoms. The third-order valence-electron chi connectivity index (χ3n) is 4.99. The summed E-state index contributed by atoms with van der Waals surface area (Å²) in [5, 5.41) is 6.23. The van der Waals surface area contributed by atoms with Gasteiger partial charge in [0, 0.05) is 32.3 Å². The van der Waals surface area contributed by atoms with E-state index < -0.39 is 5.60 Å². The molecule has 2 heterocycles. The first kappa shape index (κ1) is 19.7. The van der Waals surface area contributed by atoms with Crippen LogP contribution in [0, 0.1) is 0 Å². The van der Waals surface area contributed by atoms with Gasteiger partial charge in [-0.3, -0.25) is 9.59 Å². The van der Waals surface area contributed by atoms with Crippen LogP contribution in [0.4, 0.5) is 5.69 Å². The number of benzene rings is 1. The molecule has 2 aliphatic heterocycles. The van der Waals surface area contributed by atoms with Gasteiger partial charge in [0.15, 0.2) is 0 Å². The van der Waals surface area contributed by atoms with Gasteiger partial charge in [0.1, 0.15) is 5.60 Å². The maximum atomic E-state index is 12.5. The maximum absolute atomic E-state index is 12.5. The lowest BCUT2D eigenvalue weighted by atomic mass is 9.91. The highest BCUT2D eigenvalue weighted by molar-refractivity contribution is 5.95. The smallest absolute Gasteiger partial charge is 0.252 e. The van der Waals surface area contributed by atoms with Crippen LogP contribution in [-0.2, 0) is 20.9 Å². The van der Waals surface area contributed by atoms with Crippen LogP contribution < -0.4 is 15.5 Å². The molecule has 2 amide bonds. The van der Waals surface area contributed by atoms with Gasteiger partial charge in [0.05, 0.1) is 0 Å². The fourth-order valence-corrected chi connectivity index (χ4v) is 3.41. The molecule has 0 aliphatic carbocycles. The number of piperidine rings is 1. The molecule has 2 N–H and O–H groups in total. The molecular formula is C18H26ClN3O3. The summed E-state index contributed by atoms with van der Waals surface area (Å²) >= 11 is 0. The van der Waals surface area contributed by atoms with Crippen molar-refractivity contribution >= 4 is 29.9 Å². The normalized spacial score (nSPS) is 19.4. The number of halogens is 1. The highest BCUT2D eigenvalue weighted by Crippen LogP contribution is 2.24. The standard InChI is InChI=1S/C18H25N3O3.ClH/c1-24-18(8-10-19-11-9-18)17(23)20-13-14-4-6-15(7-5-14)21-12-2-3-16(21)22;/h4-7,19H,2-3,8-13H2,1H3,(H,20,23);1H. The Labute approximate surface area is 154 Å². The van der Waals surface area contributed by atoms with E-state index in [0.717, 1.165) is 37.3 Å².